The number of nitrogens with one attached hydrogen (secondary N) is 1. The molecule has 0 bridgehead atoms. The molecule has 0 saturated heterocycles. The summed E-state index contributed by atoms with van der Waals surface area (Å²) < 4.78 is 10.5. The van der Waals surface area contributed by atoms with Gasteiger partial charge in [-0.15, -0.1) is 0 Å². The van der Waals surface area contributed by atoms with Gasteiger partial charge in [-0.25, -0.2) is 0 Å². The first-order valence-corrected chi connectivity index (χ1v) is 6.35. The van der Waals surface area contributed by atoms with Gasteiger partial charge in [0.05, 0.1) is 6.61 Å². The average molecular weight is 251 g/mol. The normalized spacial score (nSPS) is 11.9. The van der Waals surface area contributed by atoms with Gasteiger partial charge in [-0.2, -0.15) is 0 Å². The highest BCUT2D eigenvalue weighted by atomic mass is 16.5. The zero-order chi connectivity index (χ0) is 13.2. The molecule has 0 heterocycles. The van der Waals surface area contributed by atoms with Crippen LogP contribution in [0, 0.1) is 0 Å². The topological polar surface area (TPSA) is 47.6 Å². The van der Waals surface area contributed by atoms with Crippen LogP contribution in [0.25, 0.3) is 0 Å². The van der Waals surface area contributed by atoms with Crippen LogP contribution in [0.5, 0.6) is 5.75 Å². The highest BCUT2D eigenvalue weighted by molar-refractivity contribution is 5.75. The van der Waals surface area contributed by atoms with Crippen LogP contribution in [-0.4, -0.2) is 31.8 Å². The van der Waals surface area contributed by atoms with Crippen molar-refractivity contribution in [3.63, 3.8) is 0 Å². The number of carbonyl (C=O) groups excluding carboxylic acids is 1. The molecule has 0 fully saturated rings. The summed E-state index contributed by atoms with van der Waals surface area (Å²) in [5.41, 5.74) is 0. The molecule has 0 aliphatic rings. The van der Waals surface area contributed by atoms with Gasteiger partial charge in [0.1, 0.15) is 18.4 Å². The lowest BCUT2D eigenvalue weighted by Crippen LogP contribution is -2.39. The lowest BCUT2D eigenvalue weighted by molar-refractivity contribution is -0.145. The van der Waals surface area contributed by atoms with Gasteiger partial charge in [-0.1, -0.05) is 25.1 Å². The van der Waals surface area contributed by atoms with Gasteiger partial charge in [-0.05, 0) is 25.5 Å². The van der Waals surface area contributed by atoms with Gasteiger partial charge in [0.2, 0.25) is 0 Å². The maximum absolute atomic E-state index is 11.5. The SMILES string of the molecule is CCOC(=O)C(CC)NCCOc1ccccc1. The van der Waals surface area contributed by atoms with Crippen molar-refractivity contribution < 1.29 is 14.3 Å². The lowest BCUT2D eigenvalue weighted by atomic mass is 10.2. The number of esters is 1. The first-order chi connectivity index (χ1) is 8.77. The summed E-state index contributed by atoms with van der Waals surface area (Å²) >= 11 is 0. The van der Waals surface area contributed by atoms with Crippen LogP contribution in [0.15, 0.2) is 30.3 Å². The molecular formula is C14H21NO3. The number of ether oxygens (including phenoxy) is 2. The molecule has 100 valence electrons. The number of hydrogen-bond donors (Lipinski definition) is 1. The fraction of sp³-hybridized carbons (Fsp3) is 0.500. The summed E-state index contributed by atoms with van der Waals surface area (Å²) in [7, 11) is 0. The van der Waals surface area contributed by atoms with Gasteiger partial charge < -0.3 is 14.8 Å². The molecule has 1 aromatic rings. The van der Waals surface area contributed by atoms with Crippen molar-refractivity contribution in [1.29, 1.82) is 0 Å². The molecular weight excluding hydrogens is 230 g/mol. The van der Waals surface area contributed by atoms with Crippen molar-refractivity contribution in [2.75, 3.05) is 19.8 Å². The Kier molecular flexibility index (Phi) is 6.87. The summed E-state index contributed by atoms with van der Waals surface area (Å²) in [6.07, 6.45) is 0.712. The molecule has 0 amide bonds. The molecule has 0 spiro atoms. The monoisotopic (exact) mass is 251 g/mol. The van der Waals surface area contributed by atoms with E-state index in [9.17, 15) is 4.79 Å². The minimum Gasteiger partial charge on any atom is -0.492 e. The molecule has 0 aliphatic heterocycles. The summed E-state index contributed by atoms with van der Waals surface area (Å²) in [5, 5.41) is 3.12. The Bertz CT molecular complexity index is 340. The standard InChI is InChI=1S/C14H21NO3/c1-3-13(14(16)17-4-2)15-10-11-18-12-8-6-5-7-9-12/h5-9,13,15H,3-4,10-11H2,1-2H3. The Morgan fingerprint density at radius 1 is 1.28 bits per heavy atom. The van der Waals surface area contributed by atoms with E-state index in [2.05, 4.69) is 5.32 Å². The predicted octanol–water partition coefficient (Wildman–Crippen LogP) is 2.00. The summed E-state index contributed by atoms with van der Waals surface area (Å²) in [5.74, 6) is 0.642. The van der Waals surface area contributed by atoms with E-state index >= 15 is 0 Å². The molecule has 1 atom stereocenters. The number of carbonyl (C=O) groups is 1. The minimum absolute atomic E-state index is 0.195. The molecule has 18 heavy (non-hydrogen) atoms. The first kappa shape index (κ1) is 14.5. The molecule has 1 rings (SSSR count). The molecule has 0 saturated carbocycles. The maximum atomic E-state index is 11.5. The van der Waals surface area contributed by atoms with Crippen molar-refractivity contribution in [1.82, 2.24) is 5.32 Å². The van der Waals surface area contributed by atoms with Crippen LogP contribution in [0.1, 0.15) is 20.3 Å². The van der Waals surface area contributed by atoms with E-state index in [0.717, 1.165) is 5.75 Å². The summed E-state index contributed by atoms with van der Waals surface area (Å²) in [4.78, 5) is 11.5. The fourth-order valence-electron chi connectivity index (χ4n) is 1.56. The molecule has 4 heteroatoms. The molecule has 1 unspecified atom stereocenters. The highest BCUT2D eigenvalue weighted by Crippen LogP contribution is 2.07. The highest BCUT2D eigenvalue weighted by Gasteiger charge is 2.16. The third-order valence-electron chi connectivity index (χ3n) is 2.48. The van der Waals surface area contributed by atoms with Crippen LogP contribution in [0.4, 0.5) is 0 Å². The zero-order valence-corrected chi connectivity index (χ0v) is 11.0. The van der Waals surface area contributed by atoms with Gasteiger partial charge in [0.25, 0.3) is 0 Å². The van der Waals surface area contributed by atoms with E-state index in [1.54, 1.807) is 0 Å². The van der Waals surface area contributed by atoms with E-state index in [1.165, 1.54) is 0 Å². The van der Waals surface area contributed by atoms with E-state index in [1.807, 2.05) is 44.2 Å². The number of para-hydroxylation sites is 1. The van der Waals surface area contributed by atoms with E-state index in [4.69, 9.17) is 9.47 Å². The first-order valence-electron chi connectivity index (χ1n) is 6.35. The third kappa shape index (κ3) is 5.19. The second-order valence-electron chi connectivity index (χ2n) is 3.83. The van der Waals surface area contributed by atoms with Crippen LogP contribution in [-0.2, 0) is 9.53 Å². The van der Waals surface area contributed by atoms with Gasteiger partial charge in [-0.3, -0.25) is 4.79 Å². The number of rotatable bonds is 8. The van der Waals surface area contributed by atoms with Crippen molar-refractivity contribution in [3.05, 3.63) is 30.3 Å². The lowest BCUT2D eigenvalue weighted by Gasteiger charge is -2.15. The van der Waals surface area contributed by atoms with Crippen molar-refractivity contribution in [2.24, 2.45) is 0 Å². The molecule has 0 aromatic heterocycles. The van der Waals surface area contributed by atoms with E-state index < -0.39 is 0 Å². The van der Waals surface area contributed by atoms with Crippen LogP contribution >= 0.6 is 0 Å². The fourth-order valence-corrected chi connectivity index (χ4v) is 1.56. The van der Waals surface area contributed by atoms with Crippen LogP contribution in [0.3, 0.4) is 0 Å². The molecule has 4 nitrogen and oxygen atoms in total. The van der Waals surface area contributed by atoms with Crippen LogP contribution in [0.2, 0.25) is 0 Å². The predicted molar refractivity (Wildman–Crippen MR) is 70.7 cm³/mol. The van der Waals surface area contributed by atoms with Crippen molar-refractivity contribution in [3.8, 4) is 5.75 Å². The Labute approximate surface area is 108 Å². The Balaban J connectivity index is 2.21. The van der Waals surface area contributed by atoms with Gasteiger partial charge in [0.15, 0.2) is 0 Å². The zero-order valence-electron chi connectivity index (χ0n) is 11.0. The Hall–Kier alpha value is -1.55. The summed E-state index contributed by atoms with van der Waals surface area (Å²) in [6.45, 7) is 5.32. The molecule has 1 N–H and O–H groups in total. The van der Waals surface area contributed by atoms with Crippen LogP contribution < -0.4 is 10.1 Å². The van der Waals surface area contributed by atoms with Crippen molar-refractivity contribution >= 4 is 5.97 Å². The summed E-state index contributed by atoms with van der Waals surface area (Å²) in [6, 6.07) is 9.36. The minimum atomic E-state index is -0.246. The smallest absolute Gasteiger partial charge is 0.323 e. The number of benzene rings is 1. The molecule has 0 aliphatic carbocycles. The second-order valence-corrected chi connectivity index (χ2v) is 3.83. The molecule has 1 aromatic carbocycles. The third-order valence-corrected chi connectivity index (χ3v) is 2.48. The van der Waals surface area contributed by atoms with E-state index in [-0.39, 0.29) is 12.0 Å². The van der Waals surface area contributed by atoms with E-state index in [0.29, 0.717) is 26.2 Å². The molecule has 0 radical (unpaired) electrons. The maximum Gasteiger partial charge on any atom is 0.323 e. The largest absolute Gasteiger partial charge is 0.492 e. The number of hydrogen-bond acceptors (Lipinski definition) is 4. The average Bonchev–Trinajstić information content (AvgIpc) is 2.40. The Morgan fingerprint density at radius 2 is 2.00 bits per heavy atom. The van der Waals surface area contributed by atoms with Gasteiger partial charge in [0, 0.05) is 6.54 Å². The van der Waals surface area contributed by atoms with Crippen molar-refractivity contribution in [2.45, 2.75) is 26.3 Å². The van der Waals surface area contributed by atoms with Gasteiger partial charge >= 0.3 is 5.97 Å². The Morgan fingerprint density at radius 3 is 2.61 bits per heavy atom. The quantitative estimate of drug-likeness (QED) is 0.567. The second kappa shape index (κ2) is 8.53.